The van der Waals surface area contributed by atoms with Gasteiger partial charge in [-0.1, -0.05) is 36.7 Å². The molecule has 2 heterocycles. The Morgan fingerprint density at radius 2 is 2.00 bits per heavy atom. The number of rotatable bonds is 13. The van der Waals surface area contributed by atoms with E-state index in [4.69, 9.17) is 26.8 Å². The third-order valence-electron chi connectivity index (χ3n) is 6.02. The van der Waals surface area contributed by atoms with Crippen molar-refractivity contribution < 1.29 is 23.3 Å². The topological polar surface area (TPSA) is 159 Å². The van der Waals surface area contributed by atoms with E-state index in [9.17, 15) is 9.18 Å². The number of nitrogens with two attached hydrogens (primary N) is 1. The third-order valence-corrected chi connectivity index (χ3v) is 6.38. The minimum Gasteiger partial charge on any atom is -0.490 e. The highest BCUT2D eigenvalue weighted by Gasteiger charge is 2.25. The third kappa shape index (κ3) is 6.96. The lowest BCUT2D eigenvalue weighted by Crippen LogP contribution is -2.27. The van der Waals surface area contributed by atoms with Crippen LogP contribution >= 0.6 is 11.6 Å². The molecular formula is C26H29ClFN9O4. The van der Waals surface area contributed by atoms with Crippen LogP contribution in [0.3, 0.4) is 0 Å². The Morgan fingerprint density at radius 3 is 2.68 bits per heavy atom. The highest BCUT2D eigenvalue weighted by Crippen LogP contribution is 2.30. The average Bonchev–Trinajstić information content (AvgIpc) is 3.57. The first-order chi connectivity index (χ1) is 19.9. The van der Waals surface area contributed by atoms with Crippen LogP contribution < -0.4 is 20.6 Å². The molecular weight excluding hydrogens is 557 g/mol. The lowest BCUT2D eigenvalue weighted by molar-refractivity contribution is 0.0948. The molecule has 3 N–H and O–H groups in total. The predicted octanol–water partition coefficient (Wildman–Crippen LogP) is 3.61. The number of hydrazone groups is 1. The van der Waals surface area contributed by atoms with Crippen LogP contribution in [0.5, 0.6) is 11.5 Å². The molecule has 0 atom stereocenters. The molecule has 2 aromatic heterocycles. The van der Waals surface area contributed by atoms with Crippen molar-refractivity contribution in [2.45, 2.75) is 33.9 Å². The molecule has 0 bridgehead atoms. The molecule has 15 heteroatoms. The Kier molecular flexibility index (Phi) is 9.81. The Morgan fingerprint density at radius 1 is 1.20 bits per heavy atom. The summed E-state index contributed by atoms with van der Waals surface area (Å²) in [5.74, 6) is -0.0987. The molecule has 41 heavy (non-hydrogen) atoms. The van der Waals surface area contributed by atoms with Crippen LogP contribution in [-0.4, -0.2) is 62.0 Å². The van der Waals surface area contributed by atoms with Gasteiger partial charge in [-0.3, -0.25) is 9.69 Å². The zero-order valence-electron chi connectivity index (χ0n) is 22.7. The highest BCUT2D eigenvalue weighted by molar-refractivity contribution is 6.31. The number of nitrogen functional groups attached to an aromatic ring is 1. The Labute approximate surface area is 240 Å². The summed E-state index contributed by atoms with van der Waals surface area (Å²) < 4.78 is 31.6. The van der Waals surface area contributed by atoms with E-state index in [1.807, 2.05) is 20.8 Å². The average molecular weight is 586 g/mol. The molecule has 0 aliphatic carbocycles. The number of carbonyl (C=O) groups is 1. The van der Waals surface area contributed by atoms with Gasteiger partial charge < -0.3 is 15.2 Å². The van der Waals surface area contributed by atoms with Crippen LogP contribution in [0.4, 0.5) is 10.2 Å². The lowest BCUT2D eigenvalue weighted by atomic mass is 10.2. The summed E-state index contributed by atoms with van der Waals surface area (Å²) in [5, 5.41) is 19.8. The summed E-state index contributed by atoms with van der Waals surface area (Å²) in [6.45, 7) is 7.89. The summed E-state index contributed by atoms with van der Waals surface area (Å²) >= 11 is 6.10. The van der Waals surface area contributed by atoms with E-state index >= 15 is 0 Å². The number of benzene rings is 2. The standard InChI is InChI=1S/C26H29ClFN9O4/c1-4-36(5-2)14-20-23(31-35-37(20)25-24(29)33-41-34-25)26(38)32-30-13-16-10-11-21(22(12-16)39-6-3)40-15-17-18(27)8-7-9-19(17)28/h7-13H,4-6,14-15H2,1-3H3,(H2,29,33)(H,32,38)/b30-13+. The van der Waals surface area contributed by atoms with E-state index in [1.165, 1.54) is 23.0 Å². The minimum absolute atomic E-state index is 0.00945. The lowest BCUT2D eigenvalue weighted by Gasteiger charge is -2.18. The van der Waals surface area contributed by atoms with Gasteiger partial charge >= 0.3 is 0 Å². The van der Waals surface area contributed by atoms with Crippen LogP contribution in [0.1, 0.15) is 48.1 Å². The number of amides is 1. The number of carbonyl (C=O) groups excluding carboxylic acids is 1. The van der Waals surface area contributed by atoms with Gasteiger partial charge in [-0.2, -0.15) is 9.78 Å². The van der Waals surface area contributed by atoms with Gasteiger partial charge in [-0.25, -0.2) is 14.4 Å². The summed E-state index contributed by atoms with van der Waals surface area (Å²) in [6.07, 6.45) is 1.44. The number of hydrogen-bond donors (Lipinski definition) is 2. The summed E-state index contributed by atoms with van der Waals surface area (Å²) in [5.41, 5.74) is 9.65. The molecule has 0 radical (unpaired) electrons. The van der Waals surface area contributed by atoms with Crippen molar-refractivity contribution in [1.29, 1.82) is 0 Å². The number of nitrogens with zero attached hydrogens (tertiary/aromatic N) is 7. The SMILES string of the molecule is CCOc1cc(/C=N/NC(=O)c2nnn(-c3nonc3N)c2CN(CC)CC)ccc1OCc1c(F)cccc1Cl. The fourth-order valence-corrected chi connectivity index (χ4v) is 4.04. The molecule has 2 aromatic carbocycles. The van der Waals surface area contributed by atoms with E-state index in [0.29, 0.717) is 35.9 Å². The monoisotopic (exact) mass is 585 g/mol. The van der Waals surface area contributed by atoms with Crippen LogP contribution in [-0.2, 0) is 13.2 Å². The highest BCUT2D eigenvalue weighted by atomic mass is 35.5. The molecule has 0 saturated heterocycles. The first-order valence-corrected chi connectivity index (χ1v) is 13.1. The molecule has 0 saturated carbocycles. The fourth-order valence-electron chi connectivity index (χ4n) is 3.82. The number of ether oxygens (including phenoxy) is 2. The van der Waals surface area contributed by atoms with E-state index in [2.05, 4.69) is 40.7 Å². The second-order valence-electron chi connectivity index (χ2n) is 8.56. The Balaban J connectivity index is 1.50. The molecule has 0 aliphatic rings. The maximum absolute atomic E-state index is 14.1. The Hall–Kier alpha value is -4.56. The van der Waals surface area contributed by atoms with Crippen LogP contribution in [0.15, 0.2) is 46.1 Å². The van der Waals surface area contributed by atoms with Crippen molar-refractivity contribution in [3.8, 4) is 17.3 Å². The van der Waals surface area contributed by atoms with E-state index in [0.717, 1.165) is 13.1 Å². The zero-order valence-corrected chi connectivity index (χ0v) is 23.4. The van der Waals surface area contributed by atoms with Crippen LogP contribution in [0.25, 0.3) is 5.82 Å². The number of hydrogen-bond acceptors (Lipinski definition) is 11. The molecule has 0 unspecified atom stereocenters. The van der Waals surface area contributed by atoms with Crippen molar-refractivity contribution in [2.75, 3.05) is 25.4 Å². The smallest absolute Gasteiger partial charge is 0.293 e. The first kappa shape index (κ1) is 29.4. The zero-order chi connectivity index (χ0) is 29.4. The van der Waals surface area contributed by atoms with Gasteiger partial charge in [0, 0.05) is 12.1 Å². The van der Waals surface area contributed by atoms with Crippen molar-refractivity contribution >= 4 is 29.5 Å². The summed E-state index contributed by atoms with van der Waals surface area (Å²) in [4.78, 5) is 15.1. The summed E-state index contributed by atoms with van der Waals surface area (Å²) in [7, 11) is 0. The molecule has 216 valence electrons. The fraction of sp³-hybridized carbons (Fsp3) is 0.308. The van der Waals surface area contributed by atoms with Crippen molar-refractivity contribution in [3.05, 3.63) is 69.8 Å². The number of aromatic nitrogens is 5. The van der Waals surface area contributed by atoms with Gasteiger partial charge in [0.05, 0.1) is 23.5 Å². The summed E-state index contributed by atoms with van der Waals surface area (Å²) in [6, 6.07) is 9.48. The molecule has 0 spiro atoms. The van der Waals surface area contributed by atoms with Crippen molar-refractivity contribution in [2.24, 2.45) is 5.10 Å². The van der Waals surface area contributed by atoms with E-state index in [1.54, 1.807) is 24.3 Å². The maximum Gasteiger partial charge on any atom is 0.293 e. The van der Waals surface area contributed by atoms with E-state index in [-0.39, 0.29) is 34.5 Å². The van der Waals surface area contributed by atoms with Gasteiger partial charge in [0.25, 0.3) is 5.91 Å². The van der Waals surface area contributed by atoms with E-state index < -0.39 is 11.7 Å². The van der Waals surface area contributed by atoms with Gasteiger partial charge in [0.15, 0.2) is 17.2 Å². The second-order valence-corrected chi connectivity index (χ2v) is 8.97. The van der Waals surface area contributed by atoms with Crippen molar-refractivity contribution in [1.82, 2.24) is 35.6 Å². The van der Waals surface area contributed by atoms with Gasteiger partial charge in [0.1, 0.15) is 12.4 Å². The normalized spacial score (nSPS) is 11.4. The van der Waals surface area contributed by atoms with Crippen LogP contribution in [0, 0.1) is 5.82 Å². The molecule has 13 nitrogen and oxygen atoms in total. The minimum atomic E-state index is -0.587. The van der Waals surface area contributed by atoms with Gasteiger partial charge in [-0.15, -0.1) is 5.10 Å². The van der Waals surface area contributed by atoms with Crippen molar-refractivity contribution in [3.63, 3.8) is 0 Å². The predicted molar refractivity (Wildman–Crippen MR) is 149 cm³/mol. The number of nitrogens with one attached hydrogen (secondary N) is 1. The number of halogens is 2. The first-order valence-electron chi connectivity index (χ1n) is 12.8. The quantitative estimate of drug-likeness (QED) is 0.175. The largest absolute Gasteiger partial charge is 0.490 e. The molecule has 4 aromatic rings. The molecule has 0 fully saturated rings. The van der Waals surface area contributed by atoms with Gasteiger partial charge in [-0.05, 0) is 66.2 Å². The van der Waals surface area contributed by atoms with Crippen LogP contribution in [0.2, 0.25) is 5.02 Å². The van der Waals surface area contributed by atoms with Gasteiger partial charge in [0.2, 0.25) is 11.6 Å². The Bertz CT molecular complexity index is 1500. The molecule has 4 rings (SSSR count). The molecule has 0 aliphatic heterocycles. The number of anilines is 1. The maximum atomic E-state index is 14.1. The second kappa shape index (κ2) is 13.7. The molecule has 1 amide bonds.